The molecule has 212 valence electrons. The van der Waals surface area contributed by atoms with Crippen molar-refractivity contribution in [2.24, 2.45) is 10.4 Å². The molecule has 0 aliphatic carbocycles. The van der Waals surface area contributed by atoms with Crippen LogP contribution in [0.1, 0.15) is 11.1 Å². The molecule has 0 saturated carbocycles. The number of aromatic amines is 2. The van der Waals surface area contributed by atoms with Gasteiger partial charge in [0.15, 0.2) is 5.88 Å². The average Bonchev–Trinajstić information content (AvgIpc) is 3.62. The Kier molecular flexibility index (Phi) is 6.41. The topological polar surface area (TPSA) is 104 Å². The summed E-state index contributed by atoms with van der Waals surface area (Å²) in [4.78, 5) is 34.9. The quantitative estimate of drug-likeness (QED) is 0.252. The molecule has 0 unspecified atom stereocenters. The minimum Gasteiger partial charge on any atom is -0.494 e. The Morgan fingerprint density at radius 2 is 1.81 bits per heavy atom. The lowest BCUT2D eigenvalue weighted by atomic mass is 9.73. The van der Waals surface area contributed by atoms with Gasteiger partial charge in [-0.1, -0.05) is 42.5 Å². The fourth-order valence-corrected chi connectivity index (χ4v) is 6.49. The van der Waals surface area contributed by atoms with Crippen molar-refractivity contribution in [3.05, 3.63) is 96.3 Å². The molecule has 0 atom stereocenters. The molecule has 1 amide bonds. The molecule has 3 N–H and O–H groups in total. The molecule has 9 heteroatoms. The van der Waals surface area contributed by atoms with Gasteiger partial charge in [-0.3, -0.25) is 9.69 Å². The zero-order valence-corrected chi connectivity index (χ0v) is 23.7. The van der Waals surface area contributed by atoms with E-state index in [1.807, 2.05) is 79.8 Å². The van der Waals surface area contributed by atoms with E-state index < -0.39 is 0 Å². The van der Waals surface area contributed by atoms with Gasteiger partial charge in [0.2, 0.25) is 5.91 Å². The lowest BCUT2D eigenvalue weighted by molar-refractivity contribution is -0.131. The van der Waals surface area contributed by atoms with Gasteiger partial charge in [0.25, 0.3) is 0 Å². The van der Waals surface area contributed by atoms with Crippen molar-refractivity contribution in [3.8, 4) is 17.3 Å². The zero-order valence-electron chi connectivity index (χ0n) is 23.7. The number of carbonyl (C=O) groups excluding carboxylic acids is 1. The van der Waals surface area contributed by atoms with Crippen LogP contribution in [0, 0.1) is 5.41 Å². The smallest absolute Gasteiger partial charge is 0.240 e. The van der Waals surface area contributed by atoms with E-state index in [1.54, 1.807) is 17.3 Å². The first-order chi connectivity index (χ1) is 20.4. The number of anilines is 1. The number of hydrogen-bond donors (Lipinski definition) is 3. The monoisotopic (exact) mass is 559 g/mol. The number of aromatic nitrogens is 3. The maximum Gasteiger partial charge on any atom is 0.240 e. The van der Waals surface area contributed by atoms with Crippen LogP contribution in [-0.4, -0.2) is 88.3 Å². The molecule has 9 nitrogen and oxygen atoms in total. The van der Waals surface area contributed by atoms with Crippen LogP contribution < -0.4 is 4.90 Å². The first-order valence-corrected chi connectivity index (χ1v) is 14.1. The van der Waals surface area contributed by atoms with Gasteiger partial charge < -0.3 is 24.9 Å². The number of benzene rings is 3. The van der Waals surface area contributed by atoms with Crippen molar-refractivity contribution >= 4 is 33.9 Å². The van der Waals surface area contributed by atoms with Gasteiger partial charge in [-0.2, -0.15) is 0 Å². The lowest BCUT2D eigenvalue weighted by Crippen LogP contribution is -2.71. The van der Waals surface area contributed by atoms with Crippen LogP contribution in [-0.2, 0) is 4.79 Å². The van der Waals surface area contributed by atoms with E-state index in [2.05, 4.69) is 31.8 Å². The molecule has 3 aromatic carbocycles. The molecule has 0 bridgehead atoms. The van der Waals surface area contributed by atoms with Crippen molar-refractivity contribution in [2.45, 2.75) is 0 Å². The Hall–Kier alpha value is -4.73. The summed E-state index contributed by atoms with van der Waals surface area (Å²) >= 11 is 0. The highest BCUT2D eigenvalue weighted by atomic mass is 16.3. The third-order valence-corrected chi connectivity index (χ3v) is 8.37. The number of imidazole rings is 1. The molecule has 2 aliphatic rings. The number of aliphatic imine (C=N–C) groups is 1. The highest BCUT2D eigenvalue weighted by Gasteiger charge is 2.50. The summed E-state index contributed by atoms with van der Waals surface area (Å²) in [5.74, 6) is 0.886. The Bertz CT molecular complexity index is 1760. The summed E-state index contributed by atoms with van der Waals surface area (Å²) in [6.07, 6.45) is 3.50. The Labute approximate surface area is 244 Å². The summed E-state index contributed by atoms with van der Waals surface area (Å²) in [6.45, 7) is 4.68. The maximum atomic E-state index is 13.0. The Morgan fingerprint density at radius 3 is 2.50 bits per heavy atom. The van der Waals surface area contributed by atoms with Crippen molar-refractivity contribution in [1.82, 2.24) is 24.8 Å². The largest absolute Gasteiger partial charge is 0.494 e. The predicted molar refractivity (Wildman–Crippen MR) is 166 cm³/mol. The van der Waals surface area contributed by atoms with Gasteiger partial charge in [-0.05, 0) is 37.4 Å². The normalized spacial score (nSPS) is 16.9. The molecule has 2 aliphatic heterocycles. The van der Waals surface area contributed by atoms with Gasteiger partial charge in [-0.25, -0.2) is 9.98 Å². The number of likely N-dealkylation sites (tertiary alicyclic amines) is 2. The molecule has 0 radical (unpaired) electrons. The van der Waals surface area contributed by atoms with E-state index in [0.717, 1.165) is 65.4 Å². The number of likely N-dealkylation sites (N-methyl/N-ethyl adjacent to an activating group) is 1. The molecule has 2 aromatic heterocycles. The molecule has 42 heavy (non-hydrogen) atoms. The summed E-state index contributed by atoms with van der Waals surface area (Å²) in [7, 11) is 3.97. The average molecular weight is 560 g/mol. The van der Waals surface area contributed by atoms with E-state index in [1.165, 1.54) is 0 Å². The number of nitrogens with one attached hydrogen (secondary N) is 2. The van der Waals surface area contributed by atoms with E-state index in [-0.39, 0.29) is 11.8 Å². The molecule has 2 saturated heterocycles. The van der Waals surface area contributed by atoms with Crippen molar-refractivity contribution < 1.29 is 9.90 Å². The van der Waals surface area contributed by atoms with Crippen LogP contribution in [0.15, 0.2) is 90.2 Å². The minimum absolute atomic E-state index is 0.0486. The highest BCUT2D eigenvalue weighted by molar-refractivity contribution is 6.22. The Balaban J connectivity index is 1.15. The molecule has 7 rings (SSSR count). The summed E-state index contributed by atoms with van der Waals surface area (Å²) in [5.41, 5.74) is 5.80. The zero-order chi connectivity index (χ0) is 28.8. The fraction of sp³-hybridized carbons (Fsp3) is 0.242. The van der Waals surface area contributed by atoms with Crippen molar-refractivity contribution in [2.75, 3.05) is 51.7 Å². The van der Waals surface area contributed by atoms with E-state index in [9.17, 15) is 9.90 Å². The number of rotatable bonds is 7. The molecule has 2 fully saturated rings. The van der Waals surface area contributed by atoms with Gasteiger partial charge in [0, 0.05) is 78.8 Å². The van der Waals surface area contributed by atoms with E-state index in [0.29, 0.717) is 23.2 Å². The SMILES string of the molecule is CN1CC2(C1)CN(CC(=O)N(C)c1ccc(N=C(c3ccccc3)c3c(O)[nH]c4cc(-c5ncc[nH]5)ccc34)cc1)C2. The molecular weight excluding hydrogens is 526 g/mol. The number of amides is 1. The molecular formula is C33H33N7O2. The second-order valence-electron chi connectivity index (χ2n) is 11.7. The van der Waals surface area contributed by atoms with E-state index >= 15 is 0 Å². The van der Waals surface area contributed by atoms with E-state index in [4.69, 9.17) is 4.99 Å². The van der Waals surface area contributed by atoms with Crippen LogP contribution in [0.25, 0.3) is 22.3 Å². The summed E-state index contributed by atoms with van der Waals surface area (Å²) in [5, 5.41) is 12.0. The number of fused-ring (bicyclic) bond motifs is 1. The second-order valence-corrected chi connectivity index (χ2v) is 11.7. The van der Waals surface area contributed by atoms with Gasteiger partial charge in [0.05, 0.1) is 23.5 Å². The maximum absolute atomic E-state index is 13.0. The lowest BCUT2D eigenvalue weighted by Gasteiger charge is -2.59. The third kappa shape index (κ3) is 4.76. The third-order valence-electron chi connectivity index (χ3n) is 8.37. The van der Waals surface area contributed by atoms with Crippen molar-refractivity contribution in [3.63, 3.8) is 0 Å². The Morgan fingerprint density at radius 1 is 1.05 bits per heavy atom. The molecule has 1 spiro atoms. The number of hydrogen-bond acceptors (Lipinski definition) is 6. The number of nitrogens with zero attached hydrogens (tertiary/aromatic N) is 5. The summed E-state index contributed by atoms with van der Waals surface area (Å²) in [6, 6.07) is 23.4. The fourth-order valence-electron chi connectivity index (χ4n) is 6.49. The first-order valence-electron chi connectivity index (χ1n) is 14.1. The van der Waals surface area contributed by atoms with Crippen molar-refractivity contribution in [1.29, 1.82) is 0 Å². The molecule has 5 aromatic rings. The van der Waals surface area contributed by atoms with Gasteiger partial charge in [0.1, 0.15) is 5.82 Å². The predicted octanol–water partition coefficient (Wildman–Crippen LogP) is 4.64. The molecule has 4 heterocycles. The number of H-pyrrole nitrogens is 2. The number of carbonyl (C=O) groups is 1. The summed E-state index contributed by atoms with van der Waals surface area (Å²) < 4.78 is 0. The van der Waals surface area contributed by atoms with Crippen LogP contribution in [0.2, 0.25) is 0 Å². The first kappa shape index (κ1) is 26.2. The van der Waals surface area contributed by atoms with Crippen LogP contribution in [0.4, 0.5) is 11.4 Å². The van der Waals surface area contributed by atoms with Gasteiger partial charge >= 0.3 is 0 Å². The van der Waals surface area contributed by atoms with Crippen LogP contribution >= 0.6 is 0 Å². The van der Waals surface area contributed by atoms with Gasteiger partial charge in [-0.15, -0.1) is 0 Å². The highest BCUT2D eigenvalue weighted by Crippen LogP contribution is 2.38. The van der Waals surface area contributed by atoms with Crippen LogP contribution in [0.3, 0.4) is 0 Å². The number of aromatic hydroxyl groups is 1. The standard InChI is InChI=1S/C33H33N7O2/c1-38-18-33(19-38)20-40(21-33)17-28(41)39(2)25-11-9-24(10-12-25)36-30(22-6-4-3-5-7-22)29-26-13-8-23(31-34-14-15-35-31)16-27(26)37-32(29)42/h3-16,37,42H,17-21H2,1-2H3,(H,34,35). The second kappa shape index (κ2) is 10.3. The minimum atomic E-state index is 0.0486. The van der Waals surface area contributed by atoms with Crippen LogP contribution in [0.5, 0.6) is 5.88 Å².